The van der Waals surface area contributed by atoms with Gasteiger partial charge in [-0.05, 0) is 6.42 Å². The molecule has 0 saturated carbocycles. The standard InChI is InChI=1S/C7H18O3Si/c1-8-6-7-9-4-3-5-10-11-2/h3-7,11H2,1-2H3. The van der Waals surface area contributed by atoms with E-state index in [1.54, 1.807) is 7.11 Å². The Labute approximate surface area is 71.0 Å². The van der Waals surface area contributed by atoms with Crippen LogP contribution in [0.2, 0.25) is 6.55 Å². The van der Waals surface area contributed by atoms with Gasteiger partial charge in [-0.25, -0.2) is 0 Å². The maximum absolute atomic E-state index is 5.27. The van der Waals surface area contributed by atoms with Crippen LogP contribution in [-0.4, -0.2) is 43.3 Å². The van der Waals surface area contributed by atoms with Gasteiger partial charge >= 0.3 is 0 Å². The molecule has 0 amide bonds. The third-order valence-corrected chi connectivity index (χ3v) is 1.91. The van der Waals surface area contributed by atoms with Crippen LogP contribution in [0.15, 0.2) is 0 Å². The van der Waals surface area contributed by atoms with Crippen LogP contribution in [0.3, 0.4) is 0 Å². The van der Waals surface area contributed by atoms with E-state index >= 15 is 0 Å². The number of ether oxygens (including phenoxy) is 2. The van der Waals surface area contributed by atoms with Crippen molar-refractivity contribution in [2.45, 2.75) is 13.0 Å². The minimum Gasteiger partial charge on any atom is -0.424 e. The SMILES string of the molecule is COCCOCCCO[SiH2]C. The molecule has 0 rings (SSSR count). The molecule has 0 aromatic heterocycles. The Morgan fingerprint density at radius 3 is 2.55 bits per heavy atom. The van der Waals surface area contributed by atoms with E-state index in [-0.39, 0.29) is 9.76 Å². The van der Waals surface area contributed by atoms with E-state index in [9.17, 15) is 0 Å². The van der Waals surface area contributed by atoms with Crippen molar-refractivity contribution in [3.63, 3.8) is 0 Å². The van der Waals surface area contributed by atoms with Crippen molar-refractivity contribution in [2.24, 2.45) is 0 Å². The highest BCUT2D eigenvalue weighted by Crippen LogP contribution is 1.84. The summed E-state index contributed by atoms with van der Waals surface area (Å²) in [6, 6.07) is 0. The average molecular weight is 178 g/mol. The zero-order chi connectivity index (χ0) is 8.36. The zero-order valence-electron chi connectivity index (χ0n) is 7.47. The first-order chi connectivity index (χ1) is 5.41. The van der Waals surface area contributed by atoms with E-state index in [4.69, 9.17) is 13.9 Å². The summed E-state index contributed by atoms with van der Waals surface area (Å²) in [5.74, 6) is 0. The van der Waals surface area contributed by atoms with Crippen LogP contribution in [-0.2, 0) is 13.9 Å². The van der Waals surface area contributed by atoms with E-state index in [0.717, 1.165) is 19.6 Å². The van der Waals surface area contributed by atoms with E-state index in [1.807, 2.05) is 0 Å². The van der Waals surface area contributed by atoms with Gasteiger partial charge in [0.25, 0.3) is 0 Å². The fourth-order valence-electron chi connectivity index (χ4n) is 0.652. The fraction of sp³-hybridized carbons (Fsp3) is 1.00. The summed E-state index contributed by atoms with van der Waals surface area (Å²) in [5.41, 5.74) is 0. The summed E-state index contributed by atoms with van der Waals surface area (Å²) in [6.07, 6.45) is 1.00. The predicted octanol–water partition coefficient (Wildman–Crippen LogP) is 0.188. The monoisotopic (exact) mass is 178 g/mol. The Bertz CT molecular complexity index is 62.7. The molecule has 0 unspecified atom stereocenters. The highest BCUT2D eigenvalue weighted by Gasteiger charge is 1.87. The first-order valence-corrected chi connectivity index (χ1v) is 6.05. The van der Waals surface area contributed by atoms with Crippen molar-refractivity contribution in [1.82, 2.24) is 0 Å². The van der Waals surface area contributed by atoms with E-state index in [1.165, 1.54) is 0 Å². The molecule has 0 heterocycles. The molecular formula is C7H18O3Si. The highest BCUT2D eigenvalue weighted by molar-refractivity contribution is 6.24. The molecule has 3 nitrogen and oxygen atoms in total. The topological polar surface area (TPSA) is 27.7 Å². The van der Waals surface area contributed by atoms with Crippen LogP contribution in [0, 0.1) is 0 Å². The van der Waals surface area contributed by atoms with Crippen LogP contribution in [0.4, 0.5) is 0 Å². The minimum absolute atomic E-state index is 0.210. The van der Waals surface area contributed by atoms with Crippen molar-refractivity contribution < 1.29 is 13.9 Å². The lowest BCUT2D eigenvalue weighted by atomic mass is 10.5. The Balaban J connectivity index is 2.69. The van der Waals surface area contributed by atoms with E-state index in [0.29, 0.717) is 13.2 Å². The normalized spacial score (nSPS) is 11.5. The second-order valence-corrected chi connectivity index (χ2v) is 3.14. The smallest absolute Gasteiger partial charge is 0.158 e. The first-order valence-electron chi connectivity index (χ1n) is 4.06. The van der Waals surface area contributed by atoms with Gasteiger partial charge in [-0.15, -0.1) is 0 Å². The van der Waals surface area contributed by atoms with Crippen molar-refractivity contribution in [1.29, 1.82) is 0 Å². The van der Waals surface area contributed by atoms with Crippen molar-refractivity contribution >= 4 is 9.76 Å². The maximum Gasteiger partial charge on any atom is 0.158 e. The van der Waals surface area contributed by atoms with Gasteiger partial charge in [-0.2, -0.15) is 0 Å². The molecule has 68 valence electrons. The van der Waals surface area contributed by atoms with E-state index in [2.05, 4.69) is 6.55 Å². The largest absolute Gasteiger partial charge is 0.424 e. The summed E-state index contributed by atoms with van der Waals surface area (Å²) < 4.78 is 15.3. The summed E-state index contributed by atoms with van der Waals surface area (Å²) in [5, 5.41) is 0. The van der Waals surface area contributed by atoms with Crippen molar-refractivity contribution in [3.8, 4) is 0 Å². The van der Waals surface area contributed by atoms with Crippen LogP contribution >= 0.6 is 0 Å². The van der Waals surface area contributed by atoms with Crippen LogP contribution < -0.4 is 0 Å². The van der Waals surface area contributed by atoms with E-state index < -0.39 is 0 Å². The highest BCUT2D eigenvalue weighted by atomic mass is 28.2. The summed E-state index contributed by atoms with van der Waals surface area (Å²) in [6.45, 7) is 5.16. The molecule has 11 heavy (non-hydrogen) atoms. The molecule has 0 radical (unpaired) electrons. The second kappa shape index (κ2) is 10.1. The Morgan fingerprint density at radius 2 is 1.91 bits per heavy atom. The van der Waals surface area contributed by atoms with Gasteiger partial charge in [0.15, 0.2) is 9.76 Å². The Kier molecular flexibility index (Phi) is 10.2. The molecule has 4 heteroatoms. The lowest BCUT2D eigenvalue weighted by Gasteiger charge is -2.03. The maximum atomic E-state index is 5.27. The van der Waals surface area contributed by atoms with Crippen molar-refractivity contribution in [3.05, 3.63) is 0 Å². The van der Waals surface area contributed by atoms with Gasteiger partial charge in [0.1, 0.15) is 0 Å². The molecule has 0 N–H and O–H groups in total. The number of rotatable bonds is 8. The summed E-state index contributed by atoms with van der Waals surface area (Å²) in [7, 11) is 1.47. The molecule has 0 aromatic carbocycles. The molecule has 0 aliphatic carbocycles. The van der Waals surface area contributed by atoms with Gasteiger partial charge in [-0.3, -0.25) is 0 Å². The van der Waals surface area contributed by atoms with Crippen LogP contribution in [0.5, 0.6) is 0 Å². The Morgan fingerprint density at radius 1 is 1.09 bits per heavy atom. The second-order valence-electron chi connectivity index (χ2n) is 2.16. The summed E-state index contributed by atoms with van der Waals surface area (Å²) in [4.78, 5) is 0. The zero-order valence-corrected chi connectivity index (χ0v) is 8.88. The van der Waals surface area contributed by atoms with Gasteiger partial charge in [-0.1, -0.05) is 6.55 Å². The molecule has 0 aromatic rings. The molecule has 0 atom stereocenters. The summed E-state index contributed by atoms with van der Waals surface area (Å²) >= 11 is 0. The fourth-order valence-corrected chi connectivity index (χ4v) is 1.14. The lowest BCUT2D eigenvalue weighted by Crippen LogP contribution is -2.06. The molecule has 0 spiro atoms. The molecule has 0 aliphatic heterocycles. The number of methoxy groups -OCH3 is 1. The molecular weight excluding hydrogens is 160 g/mol. The van der Waals surface area contributed by atoms with Crippen LogP contribution in [0.1, 0.15) is 6.42 Å². The molecule has 0 bridgehead atoms. The van der Waals surface area contributed by atoms with Crippen LogP contribution in [0.25, 0.3) is 0 Å². The minimum atomic E-state index is -0.210. The van der Waals surface area contributed by atoms with Gasteiger partial charge in [0, 0.05) is 20.3 Å². The lowest BCUT2D eigenvalue weighted by molar-refractivity contribution is 0.0647. The molecule has 0 aliphatic rings. The van der Waals surface area contributed by atoms with Gasteiger partial charge < -0.3 is 13.9 Å². The first kappa shape index (κ1) is 11.1. The Hall–Kier alpha value is 0.0969. The van der Waals surface area contributed by atoms with Crippen molar-refractivity contribution in [2.75, 3.05) is 33.5 Å². The third-order valence-electron chi connectivity index (χ3n) is 1.21. The number of hydrogen-bond donors (Lipinski definition) is 0. The number of hydrogen-bond acceptors (Lipinski definition) is 3. The molecule has 0 fully saturated rings. The average Bonchev–Trinajstić information content (AvgIpc) is 2.03. The predicted molar refractivity (Wildman–Crippen MR) is 47.7 cm³/mol. The molecule has 0 saturated heterocycles. The quantitative estimate of drug-likeness (QED) is 0.392. The van der Waals surface area contributed by atoms with Gasteiger partial charge in [0.2, 0.25) is 0 Å². The third kappa shape index (κ3) is 10.1. The van der Waals surface area contributed by atoms with Gasteiger partial charge in [0.05, 0.1) is 13.2 Å².